The van der Waals surface area contributed by atoms with Crippen molar-refractivity contribution in [3.05, 3.63) is 38.9 Å². The lowest BCUT2D eigenvalue weighted by Gasteiger charge is -2.08. The number of rotatable bonds is 9. The van der Waals surface area contributed by atoms with E-state index in [-0.39, 0.29) is 5.69 Å². The molecule has 0 atom stereocenters. The number of nitrogens with zero attached hydrogens (tertiary/aromatic N) is 1. The van der Waals surface area contributed by atoms with Gasteiger partial charge in [0.25, 0.3) is 5.69 Å². The topological polar surface area (TPSA) is 64.4 Å². The van der Waals surface area contributed by atoms with Crippen LogP contribution < -0.4 is 5.32 Å². The Morgan fingerprint density at radius 2 is 2.15 bits per heavy atom. The van der Waals surface area contributed by atoms with Gasteiger partial charge in [0.2, 0.25) is 0 Å². The minimum Gasteiger partial charge on any atom is -0.380 e. The van der Waals surface area contributed by atoms with Crippen molar-refractivity contribution < 1.29 is 9.66 Å². The summed E-state index contributed by atoms with van der Waals surface area (Å²) in [7, 11) is 0. The van der Waals surface area contributed by atoms with E-state index in [0.29, 0.717) is 36.2 Å². The van der Waals surface area contributed by atoms with Crippen molar-refractivity contribution in [3.63, 3.8) is 0 Å². The molecule has 0 radical (unpaired) electrons. The second kappa shape index (κ2) is 8.89. The Labute approximate surface area is 124 Å². The summed E-state index contributed by atoms with van der Waals surface area (Å²) in [6, 6.07) is 4.70. The molecule has 0 aliphatic rings. The predicted molar refractivity (Wildman–Crippen MR) is 80.1 cm³/mol. The molecular formula is C14H21ClN2O3. The number of hydrogen-bond acceptors (Lipinski definition) is 4. The third-order valence-electron chi connectivity index (χ3n) is 2.82. The minimum absolute atomic E-state index is 0.0470. The van der Waals surface area contributed by atoms with Gasteiger partial charge in [0.1, 0.15) is 0 Å². The molecule has 0 aliphatic carbocycles. The van der Waals surface area contributed by atoms with Crippen LogP contribution in [0, 0.1) is 16.0 Å². The molecule has 0 unspecified atom stereocenters. The molecule has 1 N–H and O–H groups in total. The van der Waals surface area contributed by atoms with Gasteiger partial charge in [0, 0.05) is 36.3 Å². The molecule has 0 fully saturated rings. The van der Waals surface area contributed by atoms with E-state index >= 15 is 0 Å². The van der Waals surface area contributed by atoms with Gasteiger partial charge in [-0.05, 0) is 24.5 Å². The van der Waals surface area contributed by atoms with Gasteiger partial charge < -0.3 is 10.1 Å². The van der Waals surface area contributed by atoms with Crippen molar-refractivity contribution in [2.75, 3.05) is 19.8 Å². The standard InChI is InChI=1S/C14H21ClN2O3/c1-11(2)5-7-20-8-6-16-10-12-3-4-13(15)9-14(12)17(18)19/h3-4,9,11,16H,5-8,10H2,1-2H3. The number of ether oxygens (including phenoxy) is 1. The van der Waals surface area contributed by atoms with E-state index in [1.807, 2.05) is 0 Å². The van der Waals surface area contributed by atoms with E-state index in [4.69, 9.17) is 16.3 Å². The number of nitrogens with one attached hydrogen (secondary N) is 1. The maximum absolute atomic E-state index is 10.9. The minimum atomic E-state index is -0.415. The lowest BCUT2D eigenvalue weighted by molar-refractivity contribution is -0.385. The van der Waals surface area contributed by atoms with E-state index in [1.54, 1.807) is 12.1 Å². The van der Waals surface area contributed by atoms with Crippen LogP contribution in [0.1, 0.15) is 25.8 Å². The molecule has 1 rings (SSSR count). The van der Waals surface area contributed by atoms with Crippen molar-refractivity contribution in [1.82, 2.24) is 5.32 Å². The van der Waals surface area contributed by atoms with E-state index in [9.17, 15) is 10.1 Å². The van der Waals surface area contributed by atoms with E-state index in [1.165, 1.54) is 6.07 Å². The van der Waals surface area contributed by atoms with Crippen LogP contribution >= 0.6 is 11.6 Å². The molecule has 0 saturated heterocycles. The van der Waals surface area contributed by atoms with Crippen LogP contribution in [0.15, 0.2) is 18.2 Å². The first-order valence-electron chi connectivity index (χ1n) is 6.72. The molecule has 0 saturated carbocycles. The van der Waals surface area contributed by atoms with Gasteiger partial charge in [-0.1, -0.05) is 25.4 Å². The molecule has 1 aromatic carbocycles. The van der Waals surface area contributed by atoms with Gasteiger partial charge in [0.15, 0.2) is 0 Å². The summed E-state index contributed by atoms with van der Waals surface area (Å²) in [6.45, 7) is 6.76. The van der Waals surface area contributed by atoms with E-state index < -0.39 is 4.92 Å². The SMILES string of the molecule is CC(C)CCOCCNCc1ccc(Cl)cc1[N+](=O)[O-]. The molecule has 112 valence electrons. The molecule has 0 heterocycles. The van der Waals surface area contributed by atoms with Crippen LogP contribution in [0.25, 0.3) is 0 Å². The predicted octanol–water partition coefficient (Wildman–Crippen LogP) is 3.40. The molecule has 20 heavy (non-hydrogen) atoms. The number of hydrogen-bond donors (Lipinski definition) is 1. The molecule has 1 aromatic rings. The van der Waals surface area contributed by atoms with Crippen molar-refractivity contribution in [1.29, 1.82) is 0 Å². The first-order valence-corrected chi connectivity index (χ1v) is 7.09. The monoisotopic (exact) mass is 300 g/mol. The Balaban J connectivity index is 2.30. The summed E-state index contributed by atoms with van der Waals surface area (Å²) in [5.74, 6) is 0.639. The Kier molecular flexibility index (Phi) is 7.51. The highest BCUT2D eigenvalue weighted by Crippen LogP contribution is 2.22. The van der Waals surface area contributed by atoms with Gasteiger partial charge in [-0.2, -0.15) is 0 Å². The molecule has 0 spiro atoms. The highest BCUT2D eigenvalue weighted by atomic mass is 35.5. The van der Waals surface area contributed by atoms with E-state index in [2.05, 4.69) is 19.2 Å². The number of halogens is 1. The molecule has 0 amide bonds. The summed E-state index contributed by atoms with van der Waals surface area (Å²) in [4.78, 5) is 10.5. The van der Waals surface area contributed by atoms with Crippen molar-refractivity contribution in [3.8, 4) is 0 Å². The number of nitro groups is 1. The normalized spacial score (nSPS) is 11.0. The highest BCUT2D eigenvalue weighted by molar-refractivity contribution is 6.30. The average molecular weight is 301 g/mol. The van der Waals surface area contributed by atoms with Gasteiger partial charge in [-0.25, -0.2) is 0 Å². The highest BCUT2D eigenvalue weighted by Gasteiger charge is 2.13. The molecule has 6 heteroatoms. The van der Waals surface area contributed by atoms with Gasteiger partial charge in [-0.15, -0.1) is 0 Å². The fourth-order valence-corrected chi connectivity index (χ4v) is 1.81. The fraction of sp³-hybridized carbons (Fsp3) is 0.571. The molecule has 0 bridgehead atoms. The molecular weight excluding hydrogens is 280 g/mol. The van der Waals surface area contributed by atoms with Crippen LogP contribution in [0.3, 0.4) is 0 Å². The maximum atomic E-state index is 10.9. The number of benzene rings is 1. The van der Waals surface area contributed by atoms with Crippen LogP contribution in [-0.4, -0.2) is 24.7 Å². The van der Waals surface area contributed by atoms with E-state index in [0.717, 1.165) is 13.0 Å². The third-order valence-corrected chi connectivity index (χ3v) is 3.06. The summed E-state index contributed by atoms with van der Waals surface area (Å²) in [6.07, 6.45) is 1.04. The largest absolute Gasteiger partial charge is 0.380 e. The van der Waals surface area contributed by atoms with Crippen molar-refractivity contribution >= 4 is 17.3 Å². The zero-order valence-corrected chi connectivity index (χ0v) is 12.7. The zero-order chi connectivity index (χ0) is 15.0. The third kappa shape index (κ3) is 6.32. The lowest BCUT2D eigenvalue weighted by Crippen LogP contribution is -2.20. The molecule has 5 nitrogen and oxygen atoms in total. The maximum Gasteiger partial charge on any atom is 0.275 e. The van der Waals surface area contributed by atoms with Crippen LogP contribution in [0.4, 0.5) is 5.69 Å². The Morgan fingerprint density at radius 1 is 1.40 bits per heavy atom. The average Bonchev–Trinajstić information content (AvgIpc) is 2.38. The van der Waals surface area contributed by atoms with Crippen LogP contribution in [0.2, 0.25) is 5.02 Å². The Hall–Kier alpha value is -1.17. The van der Waals surface area contributed by atoms with Crippen LogP contribution in [0.5, 0.6) is 0 Å². The Bertz CT molecular complexity index is 438. The first kappa shape index (κ1) is 16.9. The van der Waals surface area contributed by atoms with Crippen LogP contribution in [-0.2, 0) is 11.3 Å². The summed E-state index contributed by atoms with van der Waals surface area (Å²) < 4.78 is 5.46. The molecule has 0 aromatic heterocycles. The van der Waals surface area contributed by atoms with Gasteiger partial charge in [0.05, 0.1) is 11.5 Å². The van der Waals surface area contributed by atoms with Gasteiger partial charge >= 0.3 is 0 Å². The Morgan fingerprint density at radius 3 is 2.80 bits per heavy atom. The lowest BCUT2D eigenvalue weighted by atomic mass is 10.1. The smallest absolute Gasteiger partial charge is 0.275 e. The summed E-state index contributed by atoms with van der Waals surface area (Å²) in [5, 5.41) is 14.4. The van der Waals surface area contributed by atoms with Crippen molar-refractivity contribution in [2.45, 2.75) is 26.8 Å². The summed E-state index contributed by atoms with van der Waals surface area (Å²) >= 11 is 5.76. The second-order valence-electron chi connectivity index (χ2n) is 5.00. The van der Waals surface area contributed by atoms with Gasteiger partial charge in [-0.3, -0.25) is 10.1 Å². The first-order chi connectivity index (χ1) is 9.50. The summed E-state index contributed by atoms with van der Waals surface area (Å²) in [5.41, 5.74) is 0.673. The molecule has 0 aliphatic heterocycles. The quantitative estimate of drug-likeness (QED) is 0.431. The number of nitro benzene ring substituents is 1. The fourth-order valence-electron chi connectivity index (χ4n) is 1.64. The second-order valence-corrected chi connectivity index (χ2v) is 5.44. The zero-order valence-electron chi connectivity index (χ0n) is 11.9. The van der Waals surface area contributed by atoms with Crippen molar-refractivity contribution in [2.24, 2.45) is 5.92 Å².